The van der Waals surface area contributed by atoms with Crippen molar-refractivity contribution in [1.29, 1.82) is 0 Å². The molecule has 8 rings (SSSR count). The maximum atomic E-state index is 7.15. The highest BCUT2D eigenvalue weighted by atomic mass is 16.5. The summed E-state index contributed by atoms with van der Waals surface area (Å²) in [6.07, 6.45) is 19.0. The van der Waals surface area contributed by atoms with Crippen LogP contribution in [0.5, 0.6) is 5.75 Å². The van der Waals surface area contributed by atoms with Crippen LogP contribution >= 0.6 is 0 Å². The lowest BCUT2D eigenvalue weighted by atomic mass is 9.83. The predicted molar refractivity (Wildman–Crippen MR) is 209 cm³/mol. The largest absolute Gasteiger partial charge is 0.483 e. The number of hydrogen-bond acceptors (Lipinski definition) is 5. The minimum Gasteiger partial charge on any atom is -0.483 e. The van der Waals surface area contributed by atoms with Crippen LogP contribution in [0, 0.1) is 5.92 Å². The maximum Gasteiger partial charge on any atom is 0.129 e. The van der Waals surface area contributed by atoms with Crippen molar-refractivity contribution < 1.29 is 4.74 Å². The topological polar surface area (TPSA) is 50.6 Å². The van der Waals surface area contributed by atoms with E-state index in [1.165, 1.54) is 11.1 Å². The van der Waals surface area contributed by atoms with Crippen LogP contribution < -0.4 is 4.74 Å². The molecule has 1 aromatic heterocycles. The number of ether oxygens (including phenoxy) is 1. The Bertz CT molecular complexity index is 2230. The van der Waals surface area contributed by atoms with Gasteiger partial charge in [-0.05, 0) is 89.2 Å². The molecule has 0 fully saturated rings. The summed E-state index contributed by atoms with van der Waals surface area (Å²) < 4.78 is 7.15. The Morgan fingerprint density at radius 1 is 0.725 bits per heavy atom. The third kappa shape index (κ3) is 7.29. The summed E-state index contributed by atoms with van der Waals surface area (Å²) in [7, 11) is 2.05. The lowest BCUT2D eigenvalue weighted by Crippen LogP contribution is -2.32. The Kier molecular flexibility index (Phi) is 8.85. The van der Waals surface area contributed by atoms with Crippen LogP contribution in [0.1, 0.15) is 36.6 Å². The van der Waals surface area contributed by atoms with Gasteiger partial charge in [0.05, 0.1) is 24.1 Å². The average Bonchev–Trinajstić information content (AvgIpc) is 3.18. The molecule has 5 nitrogen and oxygen atoms in total. The zero-order valence-corrected chi connectivity index (χ0v) is 29.0. The van der Waals surface area contributed by atoms with Crippen molar-refractivity contribution in [1.82, 2.24) is 15.2 Å². The van der Waals surface area contributed by atoms with Gasteiger partial charge in [0, 0.05) is 36.1 Å². The molecule has 0 N–H and O–H groups in total. The lowest BCUT2D eigenvalue weighted by molar-refractivity contribution is 0.146. The number of nitrogens with zero attached hydrogens (tertiary/aromatic N) is 4. The Morgan fingerprint density at radius 2 is 1.41 bits per heavy atom. The highest BCUT2D eigenvalue weighted by molar-refractivity contribution is 6.10. The zero-order valence-electron chi connectivity index (χ0n) is 29.0. The molecule has 2 heterocycles. The summed E-state index contributed by atoms with van der Waals surface area (Å²) in [5, 5.41) is 16.1. The standard InChI is InChI=1S/C46H40N4O/c1-46(29-39(34-17-9-4-10-18-34)24-40(30-46)44-27-41(31-47-48-44)35-19-11-5-12-20-35)51-43-25-37(33-15-7-3-8-16-33)23-38(26-43)45-28-42(32-50(2)49-45)36-21-13-6-14-22-36/h3-21,23-28,30-31,36H,22,29,32H2,1-2H3. The molecule has 4 aromatic carbocycles. The van der Waals surface area contributed by atoms with Gasteiger partial charge in [-0.25, -0.2) is 0 Å². The first-order valence-corrected chi connectivity index (χ1v) is 17.6. The molecule has 1 aliphatic heterocycles. The molecule has 0 bridgehead atoms. The summed E-state index contributed by atoms with van der Waals surface area (Å²) in [6.45, 7) is 2.97. The Morgan fingerprint density at radius 3 is 2.12 bits per heavy atom. The molecule has 2 atom stereocenters. The van der Waals surface area contributed by atoms with Crippen molar-refractivity contribution in [2.75, 3.05) is 13.6 Å². The first kappa shape index (κ1) is 32.2. The molecule has 51 heavy (non-hydrogen) atoms. The minimum absolute atomic E-state index is 0.368. The van der Waals surface area contributed by atoms with Crippen molar-refractivity contribution in [3.63, 3.8) is 0 Å². The fraction of sp³-hybridized carbons (Fsp3) is 0.152. The zero-order chi connectivity index (χ0) is 34.6. The van der Waals surface area contributed by atoms with Gasteiger partial charge in [0.25, 0.3) is 0 Å². The van der Waals surface area contributed by atoms with E-state index in [9.17, 15) is 0 Å². The van der Waals surface area contributed by atoms with Crippen LogP contribution in [0.2, 0.25) is 0 Å². The normalized spacial score (nSPS) is 19.9. The number of hydrogen-bond donors (Lipinski definition) is 0. The lowest BCUT2D eigenvalue weighted by Gasteiger charge is -2.33. The van der Waals surface area contributed by atoms with E-state index < -0.39 is 5.60 Å². The highest BCUT2D eigenvalue weighted by Crippen LogP contribution is 2.40. The van der Waals surface area contributed by atoms with Crippen molar-refractivity contribution >= 4 is 16.9 Å². The first-order valence-electron chi connectivity index (χ1n) is 17.6. The molecule has 5 aromatic rings. The fourth-order valence-electron chi connectivity index (χ4n) is 7.21. The van der Waals surface area contributed by atoms with Gasteiger partial charge in [-0.2, -0.15) is 15.3 Å². The summed E-state index contributed by atoms with van der Waals surface area (Å²) in [5.41, 5.74) is 11.1. The van der Waals surface area contributed by atoms with E-state index >= 15 is 0 Å². The molecule has 2 unspecified atom stereocenters. The van der Waals surface area contributed by atoms with Crippen molar-refractivity contribution in [2.24, 2.45) is 11.0 Å². The minimum atomic E-state index is -0.683. The van der Waals surface area contributed by atoms with Gasteiger partial charge in [0.15, 0.2) is 0 Å². The average molecular weight is 665 g/mol. The summed E-state index contributed by atoms with van der Waals surface area (Å²) >= 11 is 0. The van der Waals surface area contributed by atoms with Crippen molar-refractivity contribution in [2.45, 2.75) is 25.4 Å². The van der Waals surface area contributed by atoms with E-state index in [0.29, 0.717) is 12.3 Å². The Labute approximate surface area is 300 Å². The van der Waals surface area contributed by atoms with Gasteiger partial charge in [0.2, 0.25) is 0 Å². The molecule has 0 saturated carbocycles. The van der Waals surface area contributed by atoms with E-state index in [1.807, 2.05) is 29.4 Å². The molecule has 0 radical (unpaired) electrons. The molecule has 0 spiro atoms. The molecule has 250 valence electrons. The SMILES string of the molecule is CN1CC(C2C=CC=CC2)=CC(c2cc(OC3(C)C=C(c4cc(-c5ccccc5)cnn4)C=C(c4ccccc4)C3)cc(-c3ccccc3)c2)=N1. The monoisotopic (exact) mass is 664 g/mol. The molecule has 0 saturated heterocycles. The highest BCUT2D eigenvalue weighted by Gasteiger charge is 2.31. The smallest absolute Gasteiger partial charge is 0.129 e. The second-order valence-corrected chi connectivity index (χ2v) is 13.7. The predicted octanol–water partition coefficient (Wildman–Crippen LogP) is 10.2. The van der Waals surface area contributed by atoms with E-state index in [0.717, 1.165) is 69.1 Å². The van der Waals surface area contributed by atoms with Crippen molar-refractivity contribution in [3.05, 3.63) is 186 Å². The third-order valence-corrected chi connectivity index (χ3v) is 9.66. The third-order valence-electron chi connectivity index (χ3n) is 9.66. The molecular weight excluding hydrogens is 625 g/mol. The number of rotatable bonds is 8. The van der Waals surface area contributed by atoms with Gasteiger partial charge in [-0.15, -0.1) is 0 Å². The maximum absolute atomic E-state index is 7.15. The van der Waals surface area contributed by atoms with E-state index in [4.69, 9.17) is 9.84 Å². The summed E-state index contributed by atoms with van der Waals surface area (Å²) in [4.78, 5) is 0. The van der Waals surface area contributed by atoms with Crippen LogP contribution in [-0.2, 0) is 0 Å². The Hall–Kier alpha value is -6.07. The van der Waals surface area contributed by atoms with E-state index in [2.05, 4.69) is 164 Å². The van der Waals surface area contributed by atoms with E-state index in [-0.39, 0.29) is 0 Å². The second-order valence-electron chi connectivity index (χ2n) is 13.7. The fourth-order valence-corrected chi connectivity index (χ4v) is 7.21. The van der Waals surface area contributed by atoms with Crippen molar-refractivity contribution in [3.8, 4) is 28.0 Å². The van der Waals surface area contributed by atoms with Gasteiger partial charge in [-0.3, -0.25) is 5.01 Å². The number of hydrazone groups is 1. The van der Waals surface area contributed by atoms with Gasteiger partial charge < -0.3 is 4.74 Å². The van der Waals surface area contributed by atoms with Crippen LogP contribution in [0.15, 0.2) is 175 Å². The number of aromatic nitrogens is 2. The molecule has 2 aliphatic carbocycles. The van der Waals surface area contributed by atoms with Gasteiger partial charge in [-0.1, -0.05) is 115 Å². The summed E-state index contributed by atoms with van der Waals surface area (Å²) in [5.74, 6) is 1.15. The Balaban J connectivity index is 1.20. The molecule has 0 amide bonds. The molecule has 5 heteroatoms. The molecule has 3 aliphatic rings. The van der Waals surface area contributed by atoms with Gasteiger partial charge >= 0.3 is 0 Å². The second kappa shape index (κ2) is 14.0. The number of likely N-dealkylation sites (N-methyl/N-ethyl adjacent to an activating group) is 1. The van der Waals surface area contributed by atoms with Crippen LogP contribution in [0.25, 0.3) is 33.4 Å². The van der Waals surface area contributed by atoms with Crippen LogP contribution in [-0.4, -0.2) is 40.1 Å². The number of allylic oxidation sites excluding steroid dienone is 7. The van der Waals surface area contributed by atoms with Gasteiger partial charge in [0.1, 0.15) is 11.4 Å². The number of benzene rings is 4. The van der Waals surface area contributed by atoms with Crippen LogP contribution in [0.4, 0.5) is 0 Å². The molecular formula is C46H40N4O. The summed E-state index contributed by atoms with van der Waals surface area (Å²) in [6, 6.07) is 40.0. The van der Waals surface area contributed by atoms with E-state index in [1.54, 1.807) is 0 Å². The van der Waals surface area contributed by atoms with Crippen LogP contribution in [0.3, 0.4) is 0 Å². The quantitative estimate of drug-likeness (QED) is 0.166. The first-order chi connectivity index (χ1) is 25.0.